The predicted octanol–water partition coefficient (Wildman–Crippen LogP) is 3.00. The minimum atomic E-state index is -0.677. The fourth-order valence-corrected chi connectivity index (χ4v) is 1.99. The van der Waals surface area contributed by atoms with E-state index in [0.717, 1.165) is 16.9 Å². The topological polar surface area (TPSA) is 55.5 Å². The number of hydrogen-bond acceptors (Lipinski definition) is 3. The third-order valence-corrected chi connectivity index (χ3v) is 3.02. The van der Waals surface area contributed by atoms with Crippen molar-refractivity contribution in [2.45, 2.75) is 20.0 Å². The molecule has 0 aliphatic heterocycles. The van der Waals surface area contributed by atoms with Gasteiger partial charge in [-0.15, -0.1) is 0 Å². The van der Waals surface area contributed by atoms with Crippen molar-refractivity contribution >= 4 is 5.69 Å². The molecule has 0 saturated heterocycles. The molecular formula is C16H19NO2. The van der Waals surface area contributed by atoms with Gasteiger partial charge in [-0.25, -0.2) is 0 Å². The summed E-state index contributed by atoms with van der Waals surface area (Å²) < 4.78 is 5.66. The summed E-state index contributed by atoms with van der Waals surface area (Å²) in [5.41, 5.74) is 9.37. The molecule has 1 atom stereocenters. The largest absolute Gasteiger partial charge is 0.490 e. The van der Waals surface area contributed by atoms with Crippen molar-refractivity contribution in [2.75, 3.05) is 12.3 Å². The number of nitrogens with two attached hydrogens (primary N) is 1. The maximum absolute atomic E-state index is 10.1. The van der Waals surface area contributed by atoms with E-state index in [4.69, 9.17) is 10.5 Å². The lowest BCUT2D eigenvalue weighted by atomic mass is 10.1. The number of rotatable bonds is 4. The molecule has 0 aliphatic rings. The molecule has 2 aromatic carbocycles. The molecular weight excluding hydrogens is 238 g/mol. The summed E-state index contributed by atoms with van der Waals surface area (Å²) in [4.78, 5) is 0. The summed E-state index contributed by atoms with van der Waals surface area (Å²) in [7, 11) is 0. The van der Waals surface area contributed by atoms with Gasteiger partial charge in [0.05, 0.1) is 0 Å². The van der Waals surface area contributed by atoms with Crippen LogP contribution in [-0.2, 0) is 0 Å². The van der Waals surface area contributed by atoms with E-state index in [-0.39, 0.29) is 6.61 Å². The van der Waals surface area contributed by atoms with Gasteiger partial charge >= 0.3 is 0 Å². The van der Waals surface area contributed by atoms with Crippen LogP contribution in [0.3, 0.4) is 0 Å². The van der Waals surface area contributed by atoms with Gasteiger partial charge in [-0.05, 0) is 43.2 Å². The second kappa shape index (κ2) is 5.76. The van der Waals surface area contributed by atoms with Crippen LogP contribution in [0, 0.1) is 13.8 Å². The lowest BCUT2D eigenvalue weighted by Crippen LogP contribution is -2.10. The second-order valence-corrected chi connectivity index (χ2v) is 4.77. The van der Waals surface area contributed by atoms with Crippen LogP contribution in [0.4, 0.5) is 5.69 Å². The first-order valence-electron chi connectivity index (χ1n) is 6.30. The van der Waals surface area contributed by atoms with E-state index in [2.05, 4.69) is 6.07 Å². The Bertz CT molecular complexity index is 566. The van der Waals surface area contributed by atoms with E-state index < -0.39 is 6.10 Å². The van der Waals surface area contributed by atoms with Crippen LogP contribution >= 0.6 is 0 Å². The highest BCUT2D eigenvalue weighted by Crippen LogP contribution is 2.21. The molecule has 0 amide bonds. The van der Waals surface area contributed by atoms with Crippen LogP contribution in [-0.4, -0.2) is 11.7 Å². The van der Waals surface area contributed by atoms with E-state index in [9.17, 15) is 5.11 Å². The van der Waals surface area contributed by atoms with Crippen LogP contribution in [0.25, 0.3) is 0 Å². The summed E-state index contributed by atoms with van der Waals surface area (Å²) in [5, 5.41) is 10.1. The normalized spacial score (nSPS) is 12.2. The first-order valence-corrected chi connectivity index (χ1v) is 6.30. The zero-order chi connectivity index (χ0) is 13.8. The van der Waals surface area contributed by atoms with Gasteiger partial charge in [-0.3, -0.25) is 0 Å². The summed E-state index contributed by atoms with van der Waals surface area (Å²) in [5.74, 6) is 0.800. The van der Waals surface area contributed by atoms with Gasteiger partial charge in [0.25, 0.3) is 0 Å². The average Bonchev–Trinajstić information content (AvgIpc) is 2.37. The predicted molar refractivity (Wildman–Crippen MR) is 77.2 cm³/mol. The van der Waals surface area contributed by atoms with Crippen molar-refractivity contribution in [3.05, 3.63) is 59.2 Å². The summed E-state index contributed by atoms with van der Waals surface area (Å²) in [6.45, 7) is 4.25. The zero-order valence-corrected chi connectivity index (χ0v) is 11.3. The highest BCUT2D eigenvalue weighted by atomic mass is 16.5. The lowest BCUT2D eigenvalue weighted by Gasteiger charge is -2.14. The fourth-order valence-electron chi connectivity index (χ4n) is 1.99. The number of nitrogen functional groups attached to an aromatic ring is 1. The smallest absolute Gasteiger partial charge is 0.122 e. The monoisotopic (exact) mass is 257 g/mol. The molecule has 0 aliphatic carbocycles. The van der Waals surface area contributed by atoms with Crippen molar-refractivity contribution in [1.29, 1.82) is 0 Å². The number of anilines is 1. The molecule has 2 aromatic rings. The van der Waals surface area contributed by atoms with Crippen LogP contribution in [0.1, 0.15) is 22.8 Å². The Kier molecular flexibility index (Phi) is 4.07. The third-order valence-electron chi connectivity index (χ3n) is 3.02. The van der Waals surface area contributed by atoms with Crippen molar-refractivity contribution in [1.82, 2.24) is 0 Å². The first-order chi connectivity index (χ1) is 9.06. The van der Waals surface area contributed by atoms with Crippen LogP contribution < -0.4 is 10.5 Å². The first kappa shape index (κ1) is 13.4. The third kappa shape index (κ3) is 3.48. The van der Waals surface area contributed by atoms with Crippen LogP contribution in [0.2, 0.25) is 0 Å². The maximum Gasteiger partial charge on any atom is 0.122 e. The molecule has 2 rings (SSSR count). The van der Waals surface area contributed by atoms with Crippen molar-refractivity contribution in [3.8, 4) is 5.75 Å². The molecule has 0 heterocycles. The number of aliphatic hydroxyl groups excluding tert-OH is 1. The Hall–Kier alpha value is -2.00. The lowest BCUT2D eigenvalue weighted by molar-refractivity contribution is 0.108. The SMILES string of the molecule is Cc1ccc(OCC(O)c2cccc(N)c2)c(C)c1. The highest BCUT2D eigenvalue weighted by Gasteiger charge is 2.09. The Morgan fingerprint density at radius 1 is 1.16 bits per heavy atom. The van der Waals surface area contributed by atoms with Crippen molar-refractivity contribution < 1.29 is 9.84 Å². The summed E-state index contributed by atoms with van der Waals surface area (Å²) >= 11 is 0. The van der Waals surface area contributed by atoms with E-state index in [1.54, 1.807) is 12.1 Å². The Labute approximate surface area is 113 Å². The molecule has 19 heavy (non-hydrogen) atoms. The molecule has 1 unspecified atom stereocenters. The number of aryl methyl sites for hydroxylation is 2. The maximum atomic E-state index is 10.1. The van der Waals surface area contributed by atoms with E-state index in [1.807, 2.05) is 38.1 Å². The minimum Gasteiger partial charge on any atom is -0.490 e. The molecule has 3 heteroatoms. The molecule has 0 bridgehead atoms. The second-order valence-electron chi connectivity index (χ2n) is 4.77. The summed E-state index contributed by atoms with van der Waals surface area (Å²) in [6.07, 6.45) is -0.677. The standard InChI is InChI=1S/C16H19NO2/c1-11-6-7-16(12(2)8-11)19-10-15(18)13-4-3-5-14(17)9-13/h3-9,15,18H,10,17H2,1-2H3. The van der Waals surface area contributed by atoms with Crippen molar-refractivity contribution in [3.63, 3.8) is 0 Å². The molecule has 3 N–H and O–H groups in total. The highest BCUT2D eigenvalue weighted by molar-refractivity contribution is 5.41. The fraction of sp³-hybridized carbons (Fsp3) is 0.250. The van der Waals surface area contributed by atoms with Crippen LogP contribution in [0.15, 0.2) is 42.5 Å². The number of benzene rings is 2. The Balaban J connectivity index is 2.02. The van der Waals surface area contributed by atoms with Crippen LogP contribution in [0.5, 0.6) is 5.75 Å². The van der Waals surface area contributed by atoms with E-state index >= 15 is 0 Å². The van der Waals surface area contributed by atoms with E-state index in [0.29, 0.717) is 5.69 Å². The molecule has 0 aromatic heterocycles. The van der Waals surface area contributed by atoms with Gasteiger partial charge in [-0.1, -0.05) is 29.8 Å². The molecule has 0 radical (unpaired) electrons. The summed E-state index contributed by atoms with van der Waals surface area (Å²) in [6, 6.07) is 13.2. The van der Waals surface area contributed by atoms with Gasteiger partial charge in [-0.2, -0.15) is 0 Å². The molecule has 3 nitrogen and oxygen atoms in total. The minimum absolute atomic E-state index is 0.216. The number of hydrogen-bond donors (Lipinski definition) is 2. The van der Waals surface area contributed by atoms with E-state index in [1.165, 1.54) is 5.56 Å². The quantitative estimate of drug-likeness (QED) is 0.828. The number of aliphatic hydroxyl groups is 1. The van der Waals surface area contributed by atoms with Gasteiger partial charge in [0, 0.05) is 5.69 Å². The van der Waals surface area contributed by atoms with Gasteiger partial charge < -0.3 is 15.6 Å². The average molecular weight is 257 g/mol. The molecule has 0 fully saturated rings. The molecule has 0 spiro atoms. The molecule has 100 valence electrons. The van der Waals surface area contributed by atoms with Gasteiger partial charge in [0.1, 0.15) is 18.5 Å². The van der Waals surface area contributed by atoms with Gasteiger partial charge in [0.2, 0.25) is 0 Å². The van der Waals surface area contributed by atoms with Gasteiger partial charge in [0.15, 0.2) is 0 Å². The zero-order valence-electron chi connectivity index (χ0n) is 11.3. The molecule has 0 saturated carbocycles. The Morgan fingerprint density at radius 2 is 1.95 bits per heavy atom. The van der Waals surface area contributed by atoms with Crippen molar-refractivity contribution in [2.24, 2.45) is 0 Å². The Morgan fingerprint density at radius 3 is 2.63 bits per heavy atom. The number of ether oxygens (including phenoxy) is 1.